The van der Waals surface area contributed by atoms with Crippen LogP contribution in [0, 0.1) is 10.7 Å². The molecule has 1 aromatic rings. The van der Waals surface area contributed by atoms with E-state index in [2.05, 4.69) is 26.7 Å². The van der Waals surface area contributed by atoms with Crippen LogP contribution in [-0.4, -0.2) is 28.4 Å². The first-order valence-corrected chi connectivity index (χ1v) is 6.04. The summed E-state index contributed by atoms with van der Waals surface area (Å²) in [5.74, 6) is 1.90. The van der Waals surface area contributed by atoms with E-state index in [-0.39, 0.29) is 0 Å². The molecule has 0 spiro atoms. The Hall–Kier alpha value is -0.840. The van der Waals surface area contributed by atoms with Crippen molar-refractivity contribution in [2.75, 3.05) is 18.5 Å². The van der Waals surface area contributed by atoms with Gasteiger partial charge in [-0.05, 0) is 43.8 Å². The summed E-state index contributed by atoms with van der Waals surface area (Å²) in [6.07, 6.45) is 5.24. The molecular formula is C10H16N4S. The van der Waals surface area contributed by atoms with Crippen LogP contribution < -0.4 is 4.90 Å². The molecule has 2 aliphatic rings. The Labute approximate surface area is 94.3 Å². The van der Waals surface area contributed by atoms with E-state index in [9.17, 15) is 0 Å². The van der Waals surface area contributed by atoms with Gasteiger partial charge in [-0.25, -0.2) is 5.10 Å². The van der Waals surface area contributed by atoms with Gasteiger partial charge in [0.1, 0.15) is 0 Å². The molecule has 0 amide bonds. The van der Waals surface area contributed by atoms with E-state index < -0.39 is 0 Å². The van der Waals surface area contributed by atoms with Gasteiger partial charge in [0.15, 0.2) is 4.77 Å². The van der Waals surface area contributed by atoms with Crippen molar-refractivity contribution in [3.8, 4) is 0 Å². The highest BCUT2D eigenvalue weighted by atomic mass is 32.1. The van der Waals surface area contributed by atoms with E-state index in [0.717, 1.165) is 23.2 Å². The van der Waals surface area contributed by atoms with Gasteiger partial charge >= 0.3 is 0 Å². The molecule has 2 fully saturated rings. The lowest BCUT2D eigenvalue weighted by molar-refractivity contribution is 0.682. The average molecular weight is 224 g/mol. The Morgan fingerprint density at radius 2 is 2.20 bits per heavy atom. The van der Waals surface area contributed by atoms with Crippen LogP contribution in [0.2, 0.25) is 0 Å². The summed E-state index contributed by atoms with van der Waals surface area (Å²) in [5, 5.41) is 7.24. The molecule has 0 radical (unpaired) electrons. The summed E-state index contributed by atoms with van der Waals surface area (Å²) in [6, 6.07) is 0.605. The molecule has 0 unspecified atom stereocenters. The van der Waals surface area contributed by atoms with E-state index in [1.165, 1.54) is 25.7 Å². The number of H-pyrrole nitrogens is 1. The SMILES string of the molecule is CN(CC1CC1)c1n[nH]c(=S)n1C1CC1. The van der Waals surface area contributed by atoms with Gasteiger partial charge in [-0.2, -0.15) is 0 Å². The Kier molecular flexibility index (Phi) is 2.09. The number of hydrogen-bond acceptors (Lipinski definition) is 3. The maximum Gasteiger partial charge on any atom is 0.225 e. The predicted octanol–water partition coefficient (Wildman–Crippen LogP) is 2.12. The van der Waals surface area contributed by atoms with Crippen LogP contribution in [0.5, 0.6) is 0 Å². The first-order valence-electron chi connectivity index (χ1n) is 5.64. The van der Waals surface area contributed by atoms with Crippen LogP contribution in [0.3, 0.4) is 0 Å². The summed E-state index contributed by atoms with van der Waals surface area (Å²) < 4.78 is 2.95. The van der Waals surface area contributed by atoms with Crippen molar-refractivity contribution >= 4 is 18.2 Å². The van der Waals surface area contributed by atoms with E-state index in [4.69, 9.17) is 12.2 Å². The van der Waals surface area contributed by atoms with Crippen molar-refractivity contribution in [3.63, 3.8) is 0 Å². The van der Waals surface area contributed by atoms with Crippen LogP contribution in [-0.2, 0) is 0 Å². The van der Waals surface area contributed by atoms with Gasteiger partial charge in [-0.15, -0.1) is 5.10 Å². The zero-order chi connectivity index (χ0) is 10.4. The van der Waals surface area contributed by atoms with Gasteiger partial charge < -0.3 is 4.90 Å². The van der Waals surface area contributed by atoms with E-state index >= 15 is 0 Å². The summed E-state index contributed by atoms with van der Waals surface area (Å²) in [5.41, 5.74) is 0. The molecule has 0 bridgehead atoms. The third-order valence-electron chi connectivity index (χ3n) is 3.17. The Balaban J connectivity index is 1.85. The molecule has 15 heavy (non-hydrogen) atoms. The monoisotopic (exact) mass is 224 g/mol. The van der Waals surface area contributed by atoms with Gasteiger partial charge in [0, 0.05) is 19.6 Å². The number of hydrogen-bond donors (Lipinski definition) is 1. The standard InChI is InChI=1S/C10H16N4S/c1-13(6-7-2-3-7)9-11-12-10(15)14(9)8-4-5-8/h7-8H,2-6H2,1H3,(H,12,15). The molecule has 0 saturated heterocycles. The van der Waals surface area contributed by atoms with Crippen molar-refractivity contribution in [1.29, 1.82) is 0 Å². The zero-order valence-electron chi connectivity index (χ0n) is 8.94. The summed E-state index contributed by atoms with van der Waals surface area (Å²) in [6.45, 7) is 1.12. The van der Waals surface area contributed by atoms with Crippen LogP contribution in [0.25, 0.3) is 0 Å². The topological polar surface area (TPSA) is 36.9 Å². The number of anilines is 1. The third kappa shape index (κ3) is 1.80. The number of aromatic amines is 1. The van der Waals surface area contributed by atoms with Crippen molar-refractivity contribution < 1.29 is 0 Å². The second-order valence-electron chi connectivity index (χ2n) is 4.75. The molecule has 0 aromatic carbocycles. The molecule has 5 heteroatoms. The highest BCUT2D eigenvalue weighted by molar-refractivity contribution is 7.71. The van der Waals surface area contributed by atoms with Crippen LogP contribution >= 0.6 is 12.2 Å². The Morgan fingerprint density at radius 1 is 1.47 bits per heavy atom. The largest absolute Gasteiger partial charge is 0.344 e. The fourth-order valence-corrected chi connectivity index (χ4v) is 2.27. The molecule has 0 atom stereocenters. The van der Waals surface area contributed by atoms with Crippen LogP contribution in [0.4, 0.5) is 5.95 Å². The molecule has 0 aliphatic heterocycles. The molecule has 1 aromatic heterocycles. The molecule has 3 rings (SSSR count). The fraction of sp³-hybridized carbons (Fsp3) is 0.800. The van der Waals surface area contributed by atoms with E-state index in [1.54, 1.807) is 0 Å². The molecule has 1 heterocycles. The molecule has 4 nitrogen and oxygen atoms in total. The van der Waals surface area contributed by atoms with Crippen LogP contribution in [0.15, 0.2) is 0 Å². The van der Waals surface area contributed by atoms with Crippen molar-refractivity contribution in [1.82, 2.24) is 14.8 Å². The number of nitrogens with one attached hydrogen (secondary N) is 1. The minimum Gasteiger partial charge on any atom is -0.344 e. The average Bonchev–Trinajstić information content (AvgIpc) is 3.08. The fourth-order valence-electron chi connectivity index (χ4n) is 2.00. The van der Waals surface area contributed by atoms with Gasteiger partial charge in [0.05, 0.1) is 0 Å². The smallest absolute Gasteiger partial charge is 0.225 e. The minimum absolute atomic E-state index is 0.605. The highest BCUT2D eigenvalue weighted by Gasteiger charge is 2.30. The van der Waals surface area contributed by atoms with E-state index in [0.29, 0.717) is 6.04 Å². The van der Waals surface area contributed by atoms with Gasteiger partial charge in [0.2, 0.25) is 5.95 Å². The molecule has 2 saturated carbocycles. The quantitative estimate of drug-likeness (QED) is 0.796. The maximum atomic E-state index is 5.26. The lowest BCUT2D eigenvalue weighted by Crippen LogP contribution is -2.23. The molecule has 82 valence electrons. The summed E-state index contributed by atoms with van der Waals surface area (Å²) in [7, 11) is 2.11. The lowest BCUT2D eigenvalue weighted by Gasteiger charge is -2.18. The second kappa shape index (κ2) is 3.33. The third-order valence-corrected chi connectivity index (χ3v) is 3.46. The number of rotatable bonds is 4. The first-order chi connectivity index (χ1) is 7.25. The lowest BCUT2D eigenvalue weighted by atomic mass is 10.4. The van der Waals surface area contributed by atoms with E-state index in [1.807, 2.05) is 0 Å². The van der Waals surface area contributed by atoms with Crippen LogP contribution in [0.1, 0.15) is 31.7 Å². The predicted molar refractivity (Wildman–Crippen MR) is 61.7 cm³/mol. The van der Waals surface area contributed by atoms with Gasteiger partial charge in [-0.3, -0.25) is 4.57 Å². The minimum atomic E-state index is 0.605. The maximum absolute atomic E-state index is 5.26. The Bertz CT molecular complexity index is 413. The highest BCUT2D eigenvalue weighted by Crippen LogP contribution is 2.38. The van der Waals surface area contributed by atoms with Crippen molar-refractivity contribution in [2.45, 2.75) is 31.7 Å². The molecule has 1 N–H and O–H groups in total. The van der Waals surface area contributed by atoms with Gasteiger partial charge in [0.25, 0.3) is 0 Å². The van der Waals surface area contributed by atoms with Gasteiger partial charge in [-0.1, -0.05) is 0 Å². The number of aromatic nitrogens is 3. The zero-order valence-corrected chi connectivity index (χ0v) is 9.76. The molecule has 2 aliphatic carbocycles. The van der Waals surface area contributed by atoms with Crippen molar-refractivity contribution in [2.24, 2.45) is 5.92 Å². The Morgan fingerprint density at radius 3 is 2.80 bits per heavy atom. The number of nitrogens with zero attached hydrogens (tertiary/aromatic N) is 3. The first kappa shape index (κ1) is 9.39. The summed E-state index contributed by atoms with van der Waals surface area (Å²) >= 11 is 5.26. The molecular weight excluding hydrogens is 208 g/mol. The summed E-state index contributed by atoms with van der Waals surface area (Å²) in [4.78, 5) is 2.24. The van der Waals surface area contributed by atoms with Crippen molar-refractivity contribution in [3.05, 3.63) is 4.77 Å². The normalized spacial score (nSPS) is 20.6. The second-order valence-corrected chi connectivity index (χ2v) is 5.14.